The topological polar surface area (TPSA) is 95.4 Å². The number of rotatable bonds is 6. The monoisotopic (exact) mass is 471 g/mol. The number of pyridine rings is 1. The molecular weight excluding hydrogens is 450 g/mol. The zero-order valence-corrected chi connectivity index (χ0v) is 19.4. The molecule has 0 aliphatic rings. The zero-order chi connectivity index (χ0) is 24.1. The maximum absolute atomic E-state index is 12.8. The van der Waals surface area contributed by atoms with Crippen LogP contribution in [0, 0.1) is 0 Å². The molecule has 170 valence electrons. The highest BCUT2D eigenvalue weighted by Crippen LogP contribution is 2.28. The lowest BCUT2D eigenvalue weighted by atomic mass is 10.1. The summed E-state index contributed by atoms with van der Waals surface area (Å²) in [5.41, 5.74) is 9.52. The van der Waals surface area contributed by atoms with Gasteiger partial charge in [-0.2, -0.15) is 5.10 Å². The summed E-state index contributed by atoms with van der Waals surface area (Å²) in [6.07, 6.45) is 4.93. The van der Waals surface area contributed by atoms with Crippen molar-refractivity contribution in [2.75, 3.05) is 7.11 Å². The number of aromatic nitrogens is 3. The van der Waals surface area contributed by atoms with Crippen molar-refractivity contribution >= 4 is 23.0 Å². The van der Waals surface area contributed by atoms with Gasteiger partial charge in [-0.3, -0.25) is 9.78 Å². The van der Waals surface area contributed by atoms with E-state index in [-0.39, 0.29) is 11.1 Å². The van der Waals surface area contributed by atoms with E-state index in [4.69, 9.17) is 22.1 Å². The van der Waals surface area contributed by atoms with E-state index < -0.39 is 0 Å². The van der Waals surface area contributed by atoms with E-state index in [0.717, 1.165) is 11.3 Å². The van der Waals surface area contributed by atoms with Gasteiger partial charge in [0.15, 0.2) is 5.69 Å². The summed E-state index contributed by atoms with van der Waals surface area (Å²) in [7, 11) is 1.58. The van der Waals surface area contributed by atoms with Gasteiger partial charge in [-0.05, 0) is 55.5 Å². The zero-order valence-electron chi connectivity index (χ0n) is 18.6. The molecule has 0 spiro atoms. The third kappa shape index (κ3) is 5.22. The Hall–Kier alpha value is -4.23. The molecule has 0 amide bonds. The highest BCUT2D eigenvalue weighted by atomic mass is 35.5. The predicted molar refractivity (Wildman–Crippen MR) is 135 cm³/mol. The molecule has 0 fully saturated rings. The van der Waals surface area contributed by atoms with Crippen LogP contribution in [-0.4, -0.2) is 27.6 Å². The van der Waals surface area contributed by atoms with Crippen LogP contribution in [0.2, 0.25) is 5.02 Å². The standard InChI is InChI=1S/C26H22ClN5O2/c1-17(28)14-22(30-20-7-5-6-19(27)16-20)26-24(33)11-13-32(31-26)23-10-9-18(15-25(23)34-2)21-8-3-4-12-29-21/h3-16H,28H2,1-2H3. The third-order valence-corrected chi connectivity index (χ3v) is 5.10. The number of benzene rings is 2. The summed E-state index contributed by atoms with van der Waals surface area (Å²) in [6, 6.07) is 19.8. The van der Waals surface area contributed by atoms with Gasteiger partial charge in [0, 0.05) is 34.7 Å². The van der Waals surface area contributed by atoms with Gasteiger partial charge >= 0.3 is 0 Å². The second-order valence-electron chi connectivity index (χ2n) is 7.44. The Morgan fingerprint density at radius 2 is 1.97 bits per heavy atom. The molecule has 0 unspecified atom stereocenters. The van der Waals surface area contributed by atoms with Crippen LogP contribution in [0.15, 0.2) is 101 Å². The van der Waals surface area contributed by atoms with Crippen LogP contribution >= 0.6 is 11.6 Å². The average Bonchev–Trinajstić information content (AvgIpc) is 2.84. The molecule has 7 nitrogen and oxygen atoms in total. The lowest BCUT2D eigenvalue weighted by Crippen LogP contribution is -2.21. The van der Waals surface area contributed by atoms with Gasteiger partial charge in [0.1, 0.15) is 11.4 Å². The minimum Gasteiger partial charge on any atom is -0.494 e. The quantitative estimate of drug-likeness (QED) is 0.402. The Kier molecular flexibility index (Phi) is 6.85. The van der Waals surface area contributed by atoms with Gasteiger partial charge in [0.05, 0.1) is 24.2 Å². The Bertz CT molecular complexity index is 1440. The van der Waals surface area contributed by atoms with Crippen molar-refractivity contribution in [3.8, 4) is 22.7 Å². The average molecular weight is 472 g/mol. The van der Waals surface area contributed by atoms with E-state index in [9.17, 15) is 4.79 Å². The highest BCUT2D eigenvalue weighted by molar-refractivity contribution is 6.30. The lowest BCUT2D eigenvalue weighted by Gasteiger charge is -2.13. The summed E-state index contributed by atoms with van der Waals surface area (Å²) >= 11 is 6.10. The molecule has 0 bridgehead atoms. The van der Waals surface area contributed by atoms with Crippen LogP contribution in [0.4, 0.5) is 5.69 Å². The molecule has 2 aromatic carbocycles. The van der Waals surface area contributed by atoms with Crippen LogP contribution in [0.3, 0.4) is 0 Å². The fraction of sp³-hybridized carbons (Fsp3) is 0.0769. The van der Waals surface area contributed by atoms with Crippen molar-refractivity contribution < 1.29 is 4.74 Å². The summed E-state index contributed by atoms with van der Waals surface area (Å²) in [5, 5.41) is 5.10. The molecular formula is C26H22ClN5O2. The minimum absolute atomic E-state index is 0.142. The van der Waals surface area contributed by atoms with Crippen LogP contribution in [0.1, 0.15) is 12.6 Å². The van der Waals surface area contributed by atoms with E-state index in [1.54, 1.807) is 61.5 Å². The van der Waals surface area contributed by atoms with E-state index in [1.807, 2.05) is 36.4 Å². The molecule has 4 aromatic rings. The van der Waals surface area contributed by atoms with Crippen molar-refractivity contribution in [2.24, 2.45) is 10.7 Å². The SMILES string of the molecule is COc1cc(-c2ccccn2)ccc1-n1ccc(=O)c(C(C=C(C)N)=Nc2cccc(Cl)c2)n1. The number of aliphatic imine (C=N–C) groups is 1. The molecule has 0 saturated heterocycles. The first-order valence-electron chi connectivity index (χ1n) is 10.4. The van der Waals surface area contributed by atoms with Crippen molar-refractivity contribution in [2.45, 2.75) is 6.92 Å². The van der Waals surface area contributed by atoms with Gasteiger partial charge in [0.2, 0.25) is 5.43 Å². The van der Waals surface area contributed by atoms with Crippen molar-refractivity contribution in [3.63, 3.8) is 0 Å². The first kappa shape index (κ1) is 22.9. The van der Waals surface area contributed by atoms with E-state index in [1.165, 1.54) is 6.07 Å². The van der Waals surface area contributed by atoms with Gasteiger partial charge in [-0.25, -0.2) is 9.67 Å². The lowest BCUT2D eigenvalue weighted by molar-refractivity contribution is 0.411. The molecule has 2 N–H and O–H groups in total. The predicted octanol–water partition coefficient (Wildman–Crippen LogP) is 4.94. The Morgan fingerprint density at radius 1 is 1.12 bits per heavy atom. The largest absolute Gasteiger partial charge is 0.494 e. The van der Waals surface area contributed by atoms with E-state index in [0.29, 0.717) is 33.6 Å². The number of nitrogens with two attached hydrogens (primary N) is 1. The van der Waals surface area contributed by atoms with Crippen molar-refractivity contribution in [1.82, 2.24) is 14.8 Å². The van der Waals surface area contributed by atoms with Crippen LogP contribution in [0.5, 0.6) is 5.75 Å². The molecule has 2 heterocycles. The fourth-order valence-corrected chi connectivity index (χ4v) is 3.52. The number of hydrogen-bond acceptors (Lipinski definition) is 6. The first-order chi connectivity index (χ1) is 16.4. The van der Waals surface area contributed by atoms with Gasteiger partial charge in [-0.15, -0.1) is 0 Å². The fourth-order valence-electron chi connectivity index (χ4n) is 3.33. The number of allylic oxidation sites excluding steroid dienone is 2. The summed E-state index contributed by atoms with van der Waals surface area (Å²) in [5.74, 6) is 0.573. The number of hydrogen-bond donors (Lipinski definition) is 1. The molecule has 8 heteroatoms. The number of nitrogens with zero attached hydrogens (tertiary/aromatic N) is 4. The Labute approximate surface area is 201 Å². The molecule has 4 rings (SSSR count). The maximum atomic E-state index is 12.8. The second-order valence-corrected chi connectivity index (χ2v) is 7.88. The van der Waals surface area contributed by atoms with Gasteiger partial charge in [0.25, 0.3) is 0 Å². The smallest absolute Gasteiger partial charge is 0.209 e. The third-order valence-electron chi connectivity index (χ3n) is 4.86. The highest BCUT2D eigenvalue weighted by Gasteiger charge is 2.14. The van der Waals surface area contributed by atoms with Gasteiger partial charge < -0.3 is 10.5 Å². The molecule has 34 heavy (non-hydrogen) atoms. The van der Waals surface area contributed by atoms with E-state index in [2.05, 4.69) is 15.1 Å². The molecule has 0 saturated carbocycles. The number of methoxy groups -OCH3 is 1. The van der Waals surface area contributed by atoms with Crippen LogP contribution < -0.4 is 15.9 Å². The second kappa shape index (κ2) is 10.1. The summed E-state index contributed by atoms with van der Waals surface area (Å²) in [6.45, 7) is 1.72. The molecule has 2 aromatic heterocycles. The summed E-state index contributed by atoms with van der Waals surface area (Å²) in [4.78, 5) is 21.8. The van der Waals surface area contributed by atoms with Gasteiger partial charge in [-0.1, -0.05) is 29.8 Å². The normalized spacial score (nSPS) is 12.0. The molecule has 0 aliphatic heterocycles. The Balaban J connectivity index is 1.83. The van der Waals surface area contributed by atoms with Crippen molar-refractivity contribution in [1.29, 1.82) is 0 Å². The molecule has 0 aliphatic carbocycles. The maximum Gasteiger partial charge on any atom is 0.209 e. The summed E-state index contributed by atoms with van der Waals surface area (Å²) < 4.78 is 7.20. The molecule has 0 radical (unpaired) electrons. The number of ether oxygens (including phenoxy) is 1. The number of halogens is 1. The Morgan fingerprint density at radius 3 is 2.68 bits per heavy atom. The molecule has 0 atom stereocenters. The minimum atomic E-state index is -0.293. The van der Waals surface area contributed by atoms with Crippen molar-refractivity contribution in [3.05, 3.63) is 112 Å². The van der Waals surface area contributed by atoms with Crippen LogP contribution in [0.25, 0.3) is 16.9 Å². The first-order valence-corrected chi connectivity index (χ1v) is 10.8. The van der Waals surface area contributed by atoms with Crippen LogP contribution in [-0.2, 0) is 0 Å². The van der Waals surface area contributed by atoms with E-state index >= 15 is 0 Å².